The Hall–Kier alpha value is -1.40. The molecule has 1 heterocycles. The van der Waals surface area contributed by atoms with E-state index in [0.717, 1.165) is 45.4 Å². The standard InChI is InChI=1S/C18H30N4OS/c1-19-18(20-9-5-6-14-24-2)21-15-16-7-3-4-8-17(16)22-10-12-23-13-11-22/h3-4,7-8H,5-6,9-15H2,1-2H3,(H2,19,20,21). The van der Waals surface area contributed by atoms with Gasteiger partial charge in [-0.15, -0.1) is 0 Å². The summed E-state index contributed by atoms with van der Waals surface area (Å²) in [5.74, 6) is 2.09. The summed E-state index contributed by atoms with van der Waals surface area (Å²) in [5, 5.41) is 6.83. The van der Waals surface area contributed by atoms with Gasteiger partial charge in [0.2, 0.25) is 0 Å². The van der Waals surface area contributed by atoms with Crippen molar-refractivity contribution in [3.8, 4) is 0 Å². The minimum atomic E-state index is 0.776. The molecular weight excluding hydrogens is 320 g/mol. The Morgan fingerprint density at radius 1 is 1.21 bits per heavy atom. The van der Waals surface area contributed by atoms with E-state index >= 15 is 0 Å². The van der Waals surface area contributed by atoms with E-state index < -0.39 is 0 Å². The molecule has 1 aromatic rings. The molecule has 0 bridgehead atoms. The quantitative estimate of drug-likeness (QED) is 0.428. The Labute approximate surface area is 150 Å². The van der Waals surface area contributed by atoms with Gasteiger partial charge < -0.3 is 20.3 Å². The van der Waals surface area contributed by atoms with Gasteiger partial charge in [0, 0.05) is 38.9 Å². The van der Waals surface area contributed by atoms with Gasteiger partial charge in [0.05, 0.1) is 13.2 Å². The molecule has 1 saturated heterocycles. The summed E-state index contributed by atoms with van der Waals surface area (Å²) in [6.45, 7) is 5.27. The summed E-state index contributed by atoms with van der Waals surface area (Å²) < 4.78 is 5.46. The molecule has 0 saturated carbocycles. The highest BCUT2D eigenvalue weighted by Crippen LogP contribution is 2.21. The number of thioether (sulfide) groups is 1. The molecule has 1 aliphatic heterocycles. The lowest BCUT2D eigenvalue weighted by Crippen LogP contribution is -2.39. The van der Waals surface area contributed by atoms with Crippen molar-refractivity contribution in [2.45, 2.75) is 19.4 Å². The number of anilines is 1. The van der Waals surface area contributed by atoms with Crippen LogP contribution in [-0.4, -0.2) is 57.9 Å². The number of aliphatic imine (C=N–C) groups is 1. The third-order valence-corrected chi connectivity index (χ3v) is 4.78. The molecule has 24 heavy (non-hydrogen) atoms. The number of morpholine rings is 1. The number of nitrogens with zero attached hydrogens (tertiary/aromatic N) is 2. The average molecular weight is 351 g/mol. The normalized spacial score (nSPS) is 15.4. The van der Waals surface area contributed by atoms with Gasteiger partial charge in [-0.2, -0.15) is 11.8 Å². The zero-order valence-corrected chi connectivity index (χ0v) is 15.7. The highest BCUT2D eigenvalue weighted by molar-refractivity contribution is 7.98. The molecule has 1 aliphatic rings. The largest absolute Gasteiger partial charge is 0.378 e. The highest BCUT2D eigenvalue weighted by atomic mass is 32.2. The number of hydrogen-bond acceptors (Lipinski definition) is 4. The summed E-state index contributed by atoms with van der Waals surface area (Å²) in [6.07, 6.45) is 4.57. The Morgan fingerprint density at radius 3 is 2.75 bits per heavy atom. The molecule has 0 aliphatic carbocycles. The van der Waals surface area contributed by atoms with Crippen molar-refractivity contribution < 1.29 is 4.74 Å². The van der Waals surface area contributed by atoms with Gasteiger partial charge in [-0.25, -0.2) is 0 Å². The van der Waals surface area contributed by atoms with Crippen LogP contribution in [0.4, 0.5) is 5.69 Å². The van der Waals surface area contributed by atoms with Crippen LogP contribution >= 0.6 is 11.8 Å². The van der Waals surface area contributed by atoms with Crippen LogP contribution in [0.3, 0.4) is 0 Å². The maximum absolute atomic E-state index is 5.46. The second-order valence-electron chi connectivity index (χ2n) is 5.78. The average Bonchev–Trinajstić information content (AvgIpc) is 2.65. The summed E-state index contributed by atoms with van der Waals surface area (Å²) in [6, 6.07) is 8.58. The van der Waals surface area contributed by atoms with E-state index in [1.807, 2.05) is 18.8 Å². The Kier molecular flexibility index (Phi) is 8.84. The van der Waals surface area contributed by atoms with Crippen molar-refractivity contribution in [3.63, 3.8) is 0 Å². The third kappa shape index (κ3) is 6.24. The van der Waals surface area contributed by atoms with E-state index in [4.69, 9.17) is 4.74 Å². The lowest BCUT2D eigenvalue weighted by molar-refractivity contribution is 0.122. The third-order valence-electron chi connectivity index (χ3n) is 4.08. The van der Waals surface area contributed by atoms with Crippen molar-refractivity contribution in [1.82, 2.24) is 10.6 Å². The SMILES string of the molecule is CN=C(NCCCCSC)NCc1ccccc1N1CCOCC1. The van der Waals surface area contributed by atoms with Crippen LogP contribution in [0.2, 0.25) is 0 Å². The van der Waals surface area contributed by atoms with Crippen molar-refractivity contribution in [1.29, 1.82) is 0 Å². The fraction of sp³-hybridized carbons (Fsp3) is 0.611. The number of hydrogen-bond donors (Lipinski definition) is 2. The predicted octanol–water partition coefficient (Wildman–Crippen LogP) is 2.33. The van der Waals surface area contributed by atoms with Crippen molar-refractivity contribution in [2.24, 2.45) is 4.99 Å². The van der Waals surface area contributed by atoms with E-state index in [-0.39, 0.29) is 0 Å². The Morgan fingerprint density at radius 2 is 2.00 bits per heavy atom. The predicted molar refractivity (Wildman–Crippen MR) is 105 cm³/mol. The molecule has 1 aromatic carbocycles. The van der Waals surface area contributed by atoms with Gasteiger partial charge in [0.15, 0.2) is 5.96 Å². The molecular formula is C18H30N4OS. The molecule has 0 aromatic heterocycles. The van der Waals surface area contributed by atoms with Crippen molar-refractivity contribution in [3.05, 3.63) is 29.8 Å². The topological polar surface area (TPSA) is 48.9 Å². The molecule has 0 spiro atoms. The van der Waals surface area contributed by atoms with E-state index in [0.29, 0.717) is 0 Å². The zero-order chi connectivity index (χ0) is 17.0. The van der Waals surface area contributed by atoms with Crippen LogP contribution in [-0.2, 0) is 11.3 Å². The smallest absolute Gasteiger partial charge is 0.191 e. The first kappa shape index (κ1) is 18.9. The van der Waals surface area contributed by atoms with Crippen LogP contribution in [0.5, 0.6) is 0 Å². The highest BCUT2D eigenvalue weighted by Gasteiger charge is 2.14. The minimum absolute atomic E-state index is 0.776. The lowest BCUT2D eigenvalue weighted by atomic mass is 10.1. The molecule has 0 amide bonds. The molecule has 2 rings (SSSR count). The van der Waals surface area contributed by atoms with Crippen LogP contribution in [0.1, 0.15) is 18.4 Å². The maximum atomic E-state index is 5.46. The number of para-hydroxylation sites is 1. The second kappa shape index (κ2) is 11.2. The van der Waals surface area contributed by atoms with Gasteiger partial charge in [-0.3, -0.25) is 4.99 Å². The van der Waals surface area contributed by atoms with Gasteiger partial charge >= 0.3 is 0 Å². The van der Waals surface area contributed by atoms with Crippen molar-refractivity contribution >= 4 is 23.4 Å². The first-order valence-electron chi connectivity index (χ1n) is 8.69. The maximum Gasteiger partial charge on any atom is 0.191 e. The summed E-state index contributed by atoms with van der Waals surface area (Å²) in [4.78, 5) is 6.72. The number of unbranched alkanes of at least 4 members (excludes halogenated alkanes) is 1. The van der Waals surface area contributed by atoms with Crippen LogP contribution in [0.15, 0.2) is 29.3 Å². The van der Waals surface area contributed by atoms with Gasteiger partial charge in [0.1, 0.15) is 0 Å². The van der Waals surface area contributed by atoms with E-state index in [1.165, 1.54) is 29.8 Å². The number of benzene rings is 1. The molecule has 2 N–H and O–H groups in total. The summed E-state index contributed by atoms with van der Waals surface area (Å²) >= 11 is 1.90. The number of guanidine groups is 1. The van der Waals surface area contributed by atoms with Crippen molar-refractivity contribution in [2.75, 3.05) is 56.8 Å². The zero-order valence-electron chi connectivity index (χ0n) is 14.9. The minimum Gasteiger partial charge on any atom is -0.378 e. The summed E-state index contributed by atoms with van der Waals surface area (Å²) in [5.41, 5.74) is 2.59. The second-order valence-corrected chi connectivity index (χ2v) is 6.77. The van der Waals surface area contributed by atoms with Gasteiger partial charge in [-0.1, -0.05) is 18.2 Å². The van der Waals surface area contributed by atoms with Crippen LogP contribution < -0.4 is 15.5 Å². The first-order valence-corrected chi connectivity index (χ1v) is 10.1. The van der Waals surface area contributed by atoms with E-state index in [1.54, 1.807) is 0 Å². The number of rotatable bonds is 8. The Balaban J connectivity index is 1.84. The fourth-order valence-corrected chi connectivity index (χ4v) is 3.24. The molecule has 0 radical (unpaired) electrons. The summed E-state index contributed by atoms with van der Waals surface area (Å²) in [7, 11) is 1.82. The first-order chi connectivity index (χ1) is 11.8. The molecule has 1 fully saturated rings. The molecule has 6 heteroatoms. The van der Waals surface area contributed by atoms with Gasteiger partial charge in [0.25, 0.3) is 0 Å². The molecule has 5 nitrogen and oxygen atoms in total. The molecule has 134 valence electrons. The van der Waals surface area contributed by atoms with Crippen LogP contribution in [0, 0.1) is 0 Å². The number of nitrogens with one attached hydrogen (secondary N) is 2. The van der Waals surface area contributed by atoms with E-state index in [2.05, 4.69) is 51.0 Å². The fourth-order valence-electron chi connectivity index (χ4n) is 2.75. The lowest BCUT2D eigenvalue weighted by Gasteiger charge is -2.30. The molecule has 0 atom stereocenters. The number of ether oxygens (including phenoxy) is 1. The monoisotopic (exact) mass is 350 g/mol. The van der Waals surface area contributed by atoms with Gasteiger partial charge in [-0.05, 0) is 36.5 Å². The van der Waals surface area contributed by atoms with Crippen LogP contribution in [0.25, 0.3) is 0 Å². The van der Waals surface area contributed by atoms with E-state index in [9.17, 15) is 0 Å². The molecule has 0 unspecified atom stereocenters. The Bertz CT molecular complexity index is 504.